The van der Waals surface area contributed by atoms with Crippen molar-refractivity contribution in [1.29, 1.82) is 0 Å². The molecule has 0 bridgehead atoms. The number of rotatable bonds is 2. The fourth-order valence-electron chi connectivity index (χ4n) is 3.45. The van der Waals surface area contributed by atoms with Crippen LogP contribution in [0.4, 0.5) is 0 Å². The second-order valence-corrected chi connectivity index (χ2v) is 7.68. The van der Waals surface area contributed by atoms with Gasteiger partial charge in [-0.3, -0.25) is 4.79 Å². The molecular weight excluding hydrogens is 393 g/mol. The number of amides is 1. The van der Waals surface area contributed by atoms with Gasteiger partial charge in [0.2, 0.25) is 5.91 Å². The van der Waals surface area contributed by atoms with Gasteiger partial charge >= 0.3 is 0 Å². The highest BCUT2D eigenvalue weighted by Crippen LogP contribution is 2.31. The monoisotopic (exact) mass is 407 g/mol. The van der Waals surface area contributed by atoms with Gasteiger partial charge in [0.05, 0.1) is 16.6 Å². The Morgan fingerprint density at radius 3 is 2.69 bits per heavy atom. The number of nitrogens with two attached hydrogens (primary N) is 1. The Balaban J connectivity index is 1.59. The van der Waals surface area contributed by atoms with Crippen molar-refractivity contribution in [2.75, 3.05) is 6.54 Å². The summed E-state index contributed by atoms with van der Waals surface area (Å²) in [4.78, 5) is 18.0. The Morgan fingerprint density at radius 2 is 1.92 bits per heavy atom. The summed E-state index contributed by atoms with van der Waals surface area (Å²) in [7, 11) is 0. The minimum absolute atomic E-state index is 0.134. The van der Waals surface area contributed by atoms with Gasteiger partial charge in [0.15, 0.2) is 0 Å². The normalized spacial score (nSPS) is 15.2. The molecule has 4 nitrogen and oxygen atoms in total. The molecule has 4 rings (SSSR count). The molecule has 0 aliphatic carbocycles. The van der Waals surface area contributed by atoms with Crippen molar-refractivity contribution in [3.63, 3.8) is 0 Å². The smallest absolute Gasteiger partial charge is 0.244 e. The molecule has 26 heavy (non-hydrogen) atoms. The molecule has 1 aliphatic heterocycles. The van der Waals surface area contributed by atoms with E-state index in [1.165, 1.54) is 5.56 Å². The molecular formula is C19H16Cl3N3O. The summed E-state index contributed by atoms with van der Waals surface area (Å²) in [6.07, 6.45) is 0.759. The molecule has 0 radical (unpaired) electrons. The predicted molar refractivity (Wildman–Crippen MR) is 106 cm³/mol. The number of halogens is 3. The Labute approximate surface area is 165 Å². The van der Waals surface area contributed by atoms with E-state index in [4.69, 9.17) is 40.5 Å². The standard InChI is InChI=1S/C19H16Cl3N3O/c20-11-2-4-16-13(8-11)12-5-6-25(9-17(12)24-16)19(26)18(23)10-1-3-14(21)15(22)7-10/h1-4,7-8,18,24H,5-6,9,23H2. The number of hydrogen-bond acceptors (Lipinski definition) is 2. The van der Waals surface area contributed by atoms with E-state index in [9.17, 15) is 4.79 Å². The summed E-state index contributed by atoms with van der Waals surface area (Å²) in [6, 6.07) is 10.0. The van der Waals surface area contributed by atoms with Crippen LogP contribution < -0.4 is 5.73 Å². The number of H-pyrrole nitrogens is 1. The van der Waals surface area contributed by atoms with Crippen LogP contribution in [0.3, 0.4) is 0 Å². The number of benzene rings is 2. The molecule has 134 valence electrons. The van der Waals surface area contributed by atoms with Crippen molar-refractivity contribution >= 4 is 51.6 Å². The average Bonchev–Trinajstić information content (AvgIpc) is 2.99. The highest BCUT2D eigenvalue weighted by atomic mass is 35.5. The zero-order chi connectivity index (χ0) is 18.4. The van der Waals surface area contributed by atoms with Crippen LogP contribution >= 0.6 is 34.8 Å². The van der Waals surface area contributed by atoms with Gasteiger partial charge in [0, 0.05) is 28.2 Å². The molecule has 1 aromatic heterocycles. The third-order valence-corrected chi connectivity index (χ3v) is 5.79. The van der Waals surface area contributed by atoms with Crippen LogP contribution in [-0.4, -0.2) is 22.3 Å². The van der Waals surface area contributed by atoms with E-state index in [0.717, 1.165) is 23.0 Å². The fourth-order valence-corrected chi connectivity index (χ4v) is 3.92. The van der Waals surface area contributed by atoms with Crippen molar-refractivity contribution in [3.8, 4) is 0 Å². The van der Waals surface area contributed by atoms with E-state index in [1.807, 2.05) is 18.2 Å². The van der Waals surface area contributed by atoms with Crippen LogP contribution in [0.1, 0.15) is 22.9 Å². The second kappa shape index (κ2) is 6.78. The van der Waals surface area contributed by atoms with E-state index < -0.39 is 6.04 Å². The highest BCUT2D eigenvalue weighted by molar-refractivity contribution is 6.42. The molecule has 2 heterocycles. The topological polar surface area (TPSA) is 62.1 Å². The molecule has 0 spiro atoms. The van der Waals surface area contributed by atoms with Gasteiger partial charge < -0.3 is 15.6 Å². The van der Waals surface area contributed by atoms with Gasteiger partial charge in [0.25, 0.3) is 0 Å². The maximum Gasteiger partial charge on any atom is 0.244 e. The lowest BCUT2D eigenvalue weighted by Crippen LogP contribution is -2.41. The fraction of sp³-hybridized carbons (Fsp3) is 0.211. The van der Waals surface area contributed by atoms with Gasteiger partial charge in [-0.05, 0) is 47.9 Å². The number of aromatic nitrogens is 1. The Morgan fingerprint density at radius 1 is 1.12 bits per heavy atom. The number of nitrogens with zero attached hydrogens (tertiary/aromatic N) is 1. The number of aromatic amines is 1. The van der Waals surface area contributed by atoms with Gasteiger partial charge in [0.1, 0.15) is 6.04 Å². The van der Waals surface area contributed by atoms with Crippen LogP contribution in [0.5, 0.6) is 0 Å². The zero-order valence-corrected chi connectivity index (χ0v) is 16.0. The van der Waals surface area contributed by atoms with Gasteiger partial charge in [-0.25, -0.2) is 0 Å². The lowest BCUT2D eigenvalue weighted by molar-refractivity contribution is -0.133. The molecule has 0 saturated heterocycles. The maximum atomic E-state index is 12.9. The third-order valence-electron chi connectivity index (χ3n) is 4.82. The number of hydrogen-bond donors (Lipinski definition) is 2. The number of nitrogens with one attached hydrogen (secondary N) is 1. The lowest BCUT2D eigenvalue weighted by Gasteiger charge is -2.29. The molecule has 1 aliphatic rings. The van der Waals surface area contributed by atoms with Crippen LogP contribution in [0.2, 0.25) is 15.1 Å². The molecule has 1 atom stereocenters. The Bertz CT molecular complexity index is 1010. The zero-order valence-electron chi connectivity index (χ0n) is 13.7. The van der Waals surface area contributed by atoms with Crippen molar-refractivity contribution in [2.45, 2.75) is 19.0 Å². The number of carbonyl (C=O) groups excluding carboxylic acids is 1. The first-order valence-electron chi connectivity index (χ1n) is 8.22. The van der Waals surface area contributed by atoms with Crippen molar-refractivity contribution < 1.29 is 4.79 Å². The molecule has 2 aromatic carbocycles. The van der Waals surface area contributed by atoms with Crippen molar-refractivity contribution in [2.24, 2.45) is 5.73 Å². The SMILES string of the molecule is NC(C(=O)N1CCc2c([nH]c3ccc(Cl)cc23)C1)c1ccc(Cl)c(Cl)c1. The molecule has 1 amide bonds. The van der Waals surface area contributed by atoms with Crippen LogP contribution in [-0.2, 0) is 17.8 Å². The molecule has 0 fully saturated rings. The van der Waals surface area contributed by atoms with Gasteiger partial charge in [-0.2, -0.15) is 0 Å². The number of fused-ring (bicyclic) bond motifs is 3. The molecule has 0 saturated carbocycles. The van der Waals surface area contributed by atoms with E-state index in [2.05, 4.69) is 4.98 Å². The van der Waals surface area contributed by atoms with Gasteiger partial charge in [-0.15, -0.1) is 0 Å². The molecule has 1 unspecified atom stereocenters. The summed E-state index contributed by atoms with van der Waals surface area (Å²) in [5, 5.41) is 2.66. The molecule has 3 N–H and O–H groups in total. The van der Waals surface area contributed by atoms with Crippen LogP contribution in [0.25, 0.3) is 10.9 Å². The van der Waals surface area contributed by atoms with E-state index in [0.29, 0.717) is 33.7 Å². The Hall–Kier alpha value is -1.72. The average molecular weight is 409 g/mol. The largest absolute Gasteiger partial charge is 0.357 e. The second-order valence-electron chi connectivity index (χ2n) is 6.43. The first-order chi connectivity index (χ1) is 12.4. The summed E-state index contributed by atoms with van der Waals surface area (Å²) < 4.78 is 0. The minimum atomic E-state index is -0.773. The summed E-state index contributed by atoms with van der Waals surface area (Å²) in [6.45, 7) is 1.11. The first-order valence-corrected chi connectivity index (χ1v) is 9.35. The molecule has 3 aromatic rings. The maximum absolute atomic E-state index is 12.9. The third kappa shape index (κ3) is 3.08. The lowest BCUT2D eigenvalue weighted by atomic mass is 10.0. The summed E-state index contributed by atoms with van der Waals surface area (Å²) in [5.41, 5.74) is 10.1. The summed E-state index contributed by atoms with van der Waals surface area (Å²) in [5.74, 6) is -0.134. The highest BCUT2D eigenvalue weighted by Gasteiger charge is 2.28. The van der Waals surface area contributed by atoms with Crippen LogP contribution in [0, 0.1) is 0 Å². The summed E-state index contributed by atoms with van der Waals surface area (Å²) >= 11 is 18.1. The van der Waals surface area contributed by atoms with E-state index in [-0.39, 0.29) is 5.91 Å². The predicted octanol–water partition coefficient (Wildman–Crippen LogP) is 4.71. The molecule has 7 heteroatoms. The van der Waals surface area contributed by atoms with E-state index >= 15 is 0 Å². The van der Waals surface area contributed by atoms with Gasteiger partial charge in [-0.1, -0.05) is 40.9 Å². The van der Waals surface area contributed by atoms with E-state index in [1.54, 1.807) is 23.1 Å². The van der Waals surface area contributed by atoms with Crippen molar-refractivity contribution in [3.05, 3.63) is 68.3 Å². The quantitative estimate of drug-likeness (QED) is 0.645. The van der Waals surface area contributed by atoms with Crippen molar-refractivity contribution in [1.82, 2.24) is 9.88 Å². The Kier molecular flexibility index (Phi) is 4.61. The number of carbonyl (C=O) groups is 1. The minimum Gasteiger partial charge on any atom is -0.357 e. The first kappa shape index (κ1) is 17.7. The van der Waals surface area contributed by atoms with Crippen LogP contribution in [0.15, 0.2) is 36.4 Å².